The lowest BCUT2D eigenvalue weighted by atomic mass is 10.0. The molecule has 7 nitrogen and oxygen atoms in total. The standard InChI is InChI=1S/C23H27N3O4/c1-29-20-10-6-17(7-11-20)15-30-22-5-3-2-4-18(22)8-9-19(12-13-27)26-14-21(23(24)28)25-16-26/h2-7,10-11,14,16,19,27H,8-9,12-13,15H2,1H3,(H2,24,28)/t19-/m1/s1. The summed E-state index contributed by atoms with van der Waals surface area (Å²) in [6, 6.07) is 15.7. The molecule has 0 aliphatic rings. The quantitative estimate of drug-likeness (QED) is 0.507. The van der Waals surface area contributed by atoms with E-state index >= 15 is 0 Å². The van der Waals surface area contributed by atoms with Crippen molar-refractivity contribution in [2.24, 2.45) is 5.73 Å². The lowest BCUT2D eigenvalue weighted by Crippen LogP contribution is -2.13. The van der Waals surface area contributed by atoms with Gasteiger partial charge in [0, 0.05) is 18.8 Å². The van der Waals surface area contributed by atoms with E-state index in [-0.39, 0.29) is 18.3 Å². The summed E-state index contributed by atoms with van der Waals surface area (Å²) in [6.07, 6.45) is 5.30. The first-order chi connectivity index (χ1) is 14.6. The topological polar surface area (TPSA) is 99.6 Å². The molecule has 0 saturated carbocycles. The molecule has 0 fully saturated rings. The monoisotopic (exact) mass is 409 g/mol. The third kappa shape index (κ3) is 5.61. The maximum Gasteiger partial charge on any atom is 0.268 e. The van der Waals surface area contributed by atoms with Crippen LogP contribution in [0.1, 0.15) is 40.5 Å². The molecule has 1 heterocycles. The van der Waals surface area contributed by atoms with Gasteiger partial charge in [-0.15, -0.1) is 0 Å². The van der Waals surface area contributed by atoms with Crippen LogP contribution < -0.4 is 15.2 Å². The highest BCUT2D eigenvalue weighted by Crippen LogP contribution is 2.25. The zero-order valence-corrected chi connectivity index (χ0v) is 17.0. The second-order valence-corrected chi connectivity index (χ2v) is 7.02. The van der Waals surface area contributed by atoms with Gasteiger partial charge in [0.15, 0.2) is 0 Å². The molecule has 0 bridgehead atoms. The third-order valence-electron chi connectivity index (χ3n) is 5.01. The number of carbonyl (C=O) groups excluding carboxylic acids is 1. The SMILES string of the molecule is COc1ccc(COc2ccccc2CC[C@H](CCO)n2cnc(C(N)=O)c2)cc1. The van der Waals surface area contributed by atoms with E-state index in [0.29, 0.717) is 13.0 Å². The molecular formula is C23H27N3O4. The number of rotatable bonds is 11. The van der Waals surface area contributed by atoms with Crippen LogP contribution in [0.15, 0.2) is 61.1 Å². The minimum atomic E-state index is -0.561. The number of aromatic nitrogens is 2. The molecule has 30 heavy (non-hydrogen) atoms. The zero-order valence-electron chi connectivity index (χ0n) is 17.0. The Morgan fingerprint density at radius 1 is 1.17 bits per heavy atom. The number of imidazole rings is 1. The van der Waals surface area contributed by atoms with Crippen LogP contribution in [-0.2, 0) is 13.0 Å². The average molecular weight is 409 g/mol. The summed E-state index contributed by atoms with van der Waals surface area (Å²) in [5, 5.41) is 9.45. The minimum Gasteiger partial charge on any atom is -0.497 e. The van der Waals surface area contributed by atoms with Gasteiger partial charge in [-0.3, -0.25) is 4.79 Å². The highest BCUT2D eigenvalue weighted by Gasteiger charge is 2.15. The summed E-state index contributed by atoms with van der Waals surface area (Å²) in [6.45, 7) is 0.509. The van der Waals surface area contributed by atoms with Gasteiger partial charge in [-0.05, 0) is 48.6 Å². The highest BCUT2D eigenvalue weighted by molar-refractivity contribution is 5.90. The third-order valence-corrected chi connectivity index (χ3v) is 5.01. The van der Waals surface area contributed by atoms with Crippen LogP contribution in [0, 0.1) is 0 Å². The molecule has 3 N–H and O–H groups in total. The van der Waals surface area contributed by atoms with Crippen LogP contribution in [0.3, 0.4) is 0 Å². The molecule has 3 aromatic rings. The minimum absolute atomic E-state index is 0.00486. The summed E-state index contributed by atoms with van der Waals surface area (Å²) in [5.41, 5.74) is 7.66. The number of nitrogens with zero attached hydrogens (tertiary/aromatic N) is 2. The van der Waals surface area contributed by atoms with E-state index in [0.717, 1.165) is 35.5 Å². The normalized spacial score (nSPS) is 11.8. The fourth-order valence-corrected chi connectivity index (χ4v) is 3.31. The molecule has 0 saturated heterocycles. The fourth-order valence-electron chi connectivity index (χ4n) is 3.31. The molecule has 7 heteroatoms. The summed E-state index contributed by atoms with van der Waals surface area (Å²) in [7, 11) is 1.64. The number of hydrogen-bond acceptors (Lipinski definition) is 5. The lowest BCUT2D eigenvalue weighted by Gasteiger charge is -2.18. The molecule has 3 rings (SSSR count). The maximum atomic E-state index is 11.3. The van der Waals surface area contributed by atoms with Crippen molar-refractivity contribution in [2.75, 3.05) is 13.7 Å². The van der Waals surface area contributed by atoms with Gasteiger partial charge in [0.05, 0.1) is 13.4 Å². The number of nitrogens with two attached hydrogens (primary N) is 1. The van der Waals surface area contributed by atoms with E-state index in [1.807, 2.05) is 53.1 Å². The summed E-state index contributed by atoms with van der Waals surface area (Å²) in [5.74, 6) is 1.08. The number of methoxy groups -OCH3 is 1. The van der Waals surface area contributed by atoms with E-state index in [9.17, 15) is 9.90 Å². The van der Waals surface area contributed by atoms with Gasteiger partial charge in [-0.1, -0.05) is 30.3 Å². The van der Waals surface area contributed by atoms with Gasteiger partial charge in [-0.2, -0.15) is 0 Å². The van der Waals surface area contributed by atoms with Gasteiger partial charge in [0.2, 0.25) is 0 Å². The van der Waals surface area contributed by atoms with Gasteiger partial charge < -0.3 is 24.9 Å². The van der Waals surface area contributed by atoms with Crippen LogP contribution in [0.5, 0.6) is 11.5 Å². The largest absolute Gasteiger partial charge is 0.497 e. The number of ether oxygens (including phenoxy) is 2. The molecule has 158 valence electrons. The number of primary amides is 1. The van der Waals surface area contributed by atoms with E-state index in [1.54, 1.807) is 19.6 Å². The fraction of sp³-hybridized carbons (Fsp3) is 0.304. The van der Waals surface area contributed by atoms with E-state index < -0.39 is 5.91 Å². The summed E-state index contributed by atoms with van der Waals surface area (Å²) >= 11 is 0. The van der Waals surface area contributed by atoms with Crippen molar-refractivity contribution in [2.45, 2.75) is 31.9 Å². The van der Waals surface area contributed by atoms with E-state index in [1.165, 1.54) is 0 Å². The van der Waals surface area contributed by atoms with Crippen LogP contribution in [0.4, 0.5) is 0 Å². The Balaban J connectivity index is 1.65. The number of aliphatic hydroxyl groups excluding tert-OH is 1. The molecule has 0 spiro atoms. The average Bonchev–Trinajstić information content (AvgIpc) is 3.27. The molecule has 0 radical (unpaired) electrons. The second-order valence-electron chi connectivity index (χ2n) is 7.02. The summed E-state index contributed by atoms with van der Waals surface area (Å²) < 4.78 is 13.1. The molecule has 2 aromatic carbocycles. The molecule has 0 aliphatic carbocycles. The number of hydrogen-bond donors (Lipinski definition) is 2. The first kappa shape index (κ1) is 21.4. The smallest absolute Gasteiger partial charge is 0.268 e. The zero-order chi connectivity index (χ0) is 21.3. The van der Waals surface area contributed by atoms with E-state index in [4.69, 9.17) is 15.2 Å². The van der Waals surface area contributed by atoms with Gasteiger partial charge >= 0.3 is 0 Å². The van der Waals surface area contributed by atoms with Crippen LogP contribution in [0.2, 0.25) is 0 Å². The van der Waals surface area contributed by atoms with Crippen LogP contribution >= 0.6 is 0 Å². The van der Waals surface area contributed by atoms with Crippen molar-refractivity contribution < 1.29 is 19.4 Å². The maximum absolute atomic E-state index is 11.3. The number of aliphatic hydroxyl groups is 1. The number of amides is 1. The molecule has 1 atom stereocenters. The first-order valence-corrected chi connectivity index (χ1v) is 9.88. The molecular weight excluding hydrogens is 382 g/mol. The Bertz CT molecular complexity index is 953. The van der Waals surface area contributed by atoms with Crippen molar-refractivity contribution in [3.63, 3.8) is 0 Å². The van der Waals surface area contributed by atoms with E-state index in [2.05, 4.69) is 4.98 Å². The van der Waals surface area contributed by atoms with Crippen LogP contribution in [-0.4, -0.2) is 34.3 Å². The number of para-hydroxylation sites is 1. The van der Waals surface area contributed by atoms with Gasteiger partial charge in [0.1, 0.15) is 23.8 Å². The Hall–Kier alpha value is -3.32. The van der Waals surface area contributed by atoms with Crippen molar-refractivity contribution in [3.8, 4) is 11.5 Å². The Morgan fingerprint density at radius 3 is 2.60 bits per heavy atom. The first-order valence-electron chi connectivity index (χ1n) is 9.88. The Labute approximate surface area is 176 Å². The van der Waals surface area contributed by atoms with Crippen molar-refractivity contribution >= 4 is 5.91 Å². The molecule has 0 unspecified atom stereocenters. The predicted octanol–water partition coefficient (Wildman–Crippen LogP) is 3.13. The lowest BCUT2D eigenvalue weighted by molar-refractivity contribution is 0.0996. The second kappa shape index (κ2) is 10.5. The predicted molar refractivity (Wildman–Crippen MR) is 114 cm³/mol. The van der Waals surface area contributed by atoms with Gasteiger partial charge in [0.25, 0.3) is 5.91 Å². The number of aryl methyl sites for hydroxylation is 1. The van der Waals surface area contributed by atoms with Crippen molar-refractivity contribution in [1.82, 2.24) is 9.55 Å². The Kier molecular flexibility index (Phi) is 7.45. The molecule has 1 amide bonds. The Morgan fingerprint density at radius 2 is 1.93 bits per heavy atom. The van der Waals surface area contributed by atoms with Crippen molar-refractivity contribution in [3.05, 3.63) is 77.9 Å². The summed E-state index contributed by atoms with van der Waals surface area (Å²) in [4.78, 5) is 15.4. The van der Waals surface area contributed by atoms with Gasteiger partial charge in [-0.25, -0.2) is 4.98 Å². The number of benzene rings is 2. The van der Waals surface area contributed by atoms with Crippen molar-refractivity contribution in [1.29, 1.82) is 0 Å². The highest BCUT2D eigenvalue weighted by atomic mass is 16.5. The number of carbonyl (C=O) groups is 1. The van der Waals surface area contributed by atoms with Crippen LogP contribution in [0.25, 0.3) is 0 Å². The molecule has 1 aromatic heterocycles. The molecule has 0 aliphatic heterocycles.